The minimum absolute atomic E-state index is 0. The number of methoxy groups -OCH3 is 1. The minimum Gasteiger partial charge on any atom is -0.468 e. The standard InChI is InChI=1S/C9H9Cl2NO2.ClH/c1-14-9(13)8(12)5-3-2-4-6(10)7(5)11;/h2-4,8H,12H2,1H3;1H. The fourth-order valence-electron chi connectivity index (χ4n) is 1.01. The van der Waals surface area contributed by atoms with Crippen LogP contribution in [0.3, 0.4) is 0 Å². The zero-order valence-corrected chi connectivity index (χ0v) is 10.2. The first kappa shape index (κ1) is 14.5. The number of esters is 1. The Hall–Kier alpha value is -0.480. The third-order valence-corrected chi connectivity index (χ3v) is 2.61. The van der Waals surface area contributed by atoms with Crippen LogP contribution in [0.1, 0.15) is 11.6 Å². The van der Waals surface area contributed by atoms with Crippen molar-refractivity contribution >= 4 is 41.6 Å². The van der Waals surface area contributed by atoms with Gasteiger partial charge in [-0.25, -0.2) is 0 Å². The molecule has 1 aromatic carbocycles. The van der Waals surface area contributed by atoms with Gasteiger partial charge in [0.05, 0.1) is 17.2 Å². The molecule has 0 amide bonds. The highest BCUT2D eigenvalue weighted by molar-refractivity contribution is 6.42. The first-order valence-electron chi connectivity index (χ1n) is 3.85. The van der Waals surface area contributed by atoms with E-state index >= 15 is 0 Å². The van der Waals surface area contributed by atoms with Crippen LogP contribution in [0.2, 0.25) is 10.0 Å². The van der Waals surface area contributed by atoms with Gasteiger partial charge >= 0.3 is 5.97 Å². The molecule has 15 heavy (non-hydrogen) atoms. The van der Waals surface area contributed by atoms with Crippen molar-refractivity contribution < 1.29 is 9.53 Å². The summed E-state index contributed by atoms with van der Waals surface area (Å²) in [6.45, 7) is 0. The molecule has 0 radical (unpaired) electrons. The molecule has 1 unspecified atom stereocenters. The third kappa shape index (κ3) is 3.24. The normalized spacial score (nSPS) is 11.5. The maximum absolute atomic E-state index is 11.1. The molecule has 0 aliphatic carbocycles. The molecule has 0 aromatic heterocycles. The Morgan fingerprint density at radius 2 is 2.07 bits per heavy atom. The number of hydrogen-bond acceptors (Lipinski definition) is 3. The van der Waals surface area contributed by atoms with Crippen molar-refractivity contribution in [3.05, 3.63) is 33.8 Å². The molecule has 0 spiro atoms. The van der Waals surface area contributed by atoms with Gasteiger partial charge < -0.3 is 10.5 Å². The summed E-state index contributed by atoms with van der Waals surface area (Å²) < 4.78 is 4.50. The number of carbonyl (C=O) groups excluding carboxylic acids is 1. The lowest BCUT2D eigenvalue weighted by molar-refractivity contribution is -0.142. The predicted molar refractivity (Wildman–Crippen MR) is 62.7 cm³/mol. The molecule has 6 heteroatoms. The van der Waals surface area contributed by atoms with Crippen LogP contribution < -0.4 is 5.73 Å². The number of benzene rings is 1. The summed E-state index contributed by atoms with van der Waals surface area (Å²) in [5, 5.41) is 0.649. The van der Waals surface area contributed by atoms with Gasteiger partial charge in [0, 0.05) is 5.56 Å². The molecular weight excluding hydrogens is 260 g/mol. The summed E-state index contributed by atoms with van der Waals surface area (Å²) in [7, 11) is 1.26. The fourth-order valence-corrected chi connectivity index (χ4v) is 1.44. The van der Waals surface area contributed by atoms with Gasteiger partial charge in [0.2, 0.25) is 0 Å². The van der Waals surface area contributed by atoms with Gasteiger partial charge in [-0.3, -0.25) is 4.79 Å². The summed E-state index contributed by atoms with van der Waals surface area (Å²) in [5.41, 5.74) is 6.07. The summed E-state index contributed by atoms with van der Waals surface area (Å²) in [6, 6.07) is 4.03. The van der Waals surface area contributed by atoms with Crippen LogP contribution in [-0.4, -0.2) is 13.1 Å². The van der Waals surface area contributed by atoms with Crippen LogP contribution in [0.25, 0.3) is 0 Å². The van der Waals surface area contributed by atoms with Gasteiger partial charge in [0.25, 0.3) is 0 Å². The van der Waals surface area contributed by atoms with Crippen LogP contribution in [0.5, 0.6) is 0 Å². The van der Waals surface area contributed by atoms with Crippen LogP contribution in [0.15, 0.2) is 18.2 Å². The van der Waals surface area contributed by atoms with Gasteiger partial charge in [0.1, 0.15) is 6.04 Å². The number of rotatable bonds is 2. The number of hydrogen-bond donors (Lipinski definition) is 1. The number of ether oxygens (including phenoxy) is 1. The maximum atomic E-state index is 11.1. The van der Waals surface area contributed by atoms with Crippen LogP contribution in [0, 0.1) is 0 Å². The van der Waals surface area contributed by atoms with E-state index in [1.165, 1.54) is 7.11 Å². The fraction of sp³-hybridized carbons (Fsp3) is 0.222. The van der Waals surface area contributed by atoms with Crippen molar-refractivity contribution in [2.45, 2.75) is 6.04 Å². The number of nitrogens with two attached hydrogens (primary N) is 1. The molecule has 0 aliphatic rings. The SMILES string of the molecule is COC(=O)C(N)c1cccc(Cl)c1Cl.Cl. The van der Waals surface area contributed by atoms with Crippen molar-refractivity contribution in [2.24, 2.45) is 5.73 Å². The van der Waals surface area contributed by atoms with E-state index in [0.29, 0.717) is 10.6 Å². The van der Waals surface area contributed by atoms with E-state index < -0.39 is 12.0 Å². The first-order valence-corrected chi connectivity index (χ1v) is 4.61. The van der Waals surface area contributed by atoms with E-state index in [1.807, 2.05) is 0 Å². The topological polar surface area (TPSA) is 52.3 Å². The molecule has 0 saturated carbocycles. The van der Waals surface area contributed by atoms with Crippen molar-refractivity contribution in [1.82, 2.24) is 0 Å². The summed E-state index contributed by atoms with van der Waals surface area (Å²) in [5.74, 6) is -0.547. The largest absolute Gasteiger partial charge is 0.468 e. The van der Waals surface area contributed by atoms with Crippen molar-refractivity contribution in [1.29, 1.82) is 0 Å². The van der Waals surface area contributed by atoms with Gasteiger partial charge in [-0.15, -0.1) is 12.4 Å². The van der Waals surface area contributed by atoms with E-state index in [9.17, 15) is 4.79 Å². The molecule has 3 nitrogen and oxygen atoms in total. The highest BCUT2D eigenvalue weighted by Gasteiger charge is 2.19. The summed E-state index contributed by atoms with van der Waals surface area (Å²) in [4.78, 5) is 11.1. The first-order chi connectivity index (χ1) is 6.57. The Morgan fingerprint density at radius 3 is 2.60 bits per heavy atom. The molecule has 1 atom stereocenters. The maximum Gasteiger partial charge on any atom is 0.327 e. The Labute approximate surface area is 104 Å². The van der Waals surface area contributed by atoms with Crippen molar-refractivity contribution in [3.63, 3.8) is 0 Å². The van der Waals surface area contributed by atoms with Crippen LogP contribution >= 0.6 is 35.6 Å². The molecule has 0 aliphatic heterocycles. The zero-order chi connectivity index (χ0) is 10.7. The lowest BCUT2D eigenvalue weighted by atomic mass is 10.1. The summed E-state index contributed by atoms with van der Waals surface area (Å²) in [6.07, 6.45) is 0. The van der Waals surface area contributed by atoms with E-state index in [2.05, 4.69) is 4.74 Å². The lowest BCUT2D eigenvalue weighted by Crippen LogP contribution is -2.22. The van der Waals surface area contributed by atoms with Gasteiger partial charge in [-0.2, -0.15) is 0 Å². The van der Waals surface area contributed by atoms with Crippen LogP contribution in [-0.2, 0) is 9.53 Å². The Kier molecular flexibility index (Phi) is 5.98. The molecule has 0 saturated heterocycles. The molecule has 0 fully saturated rings. The Balaban J connectivity index is 0.00000196. The molecule has 0 heterocycles. The summed E-state index contributed by atoms with van der Waals surface area (Å²) >= 11 is 11.6. The van der Waals surface area contributed by atoms with Crippen LogP contribution in [0.4, 0.5) is 0 Å². The molecular formula is C9H10Cl3NO2. The average molecular weight is 271 g/mol. The van der Waals surface area contributed by atoms with Gasteiger partial charge in [-0.05, 0) is 6.07 Å². The average Bonchev–Trinajstić information content (AvgIpc) is 2.20. The van der Waals surface area contributed by atoms with Crippen molar-refractivity contribution in [3.8, 4) is 0 Å². The lowest BCUT2D eigenvalue weighted by Gasteiger charge is -2.11. The van der Waals surface area contributed by atoms with E-state index in [-0.39, 0.29) is 17.4 Å². The van der Waals surface area contributed by atoms with E-state index in [1.54, 1.807) is 18.2 Å². The highest BCUT2D eigenvalue weighted by atomic mass is 35.5. The second-order valence-corrected chi connectivity index (χ2v) is 3.43. The van der Waals surface area contributed by atoms with Crippen molar-refractivity contribution in [2.75, 3.05) is 7.11 Å². The minimum atomic E-state index is -0.897. The van der Waals surface area contributed by atoms with Gasteiger partial charge in [0.15, 0.2) is 0 Å². The Morgan fingerprint density at radius 1 is 1.47 bits per heavy atom. The second kappa shape index (κ2) is 6.18. The quantitative estimate of drug-likeness (QED) is 0.841. The monoisotopic (exact) mass is 269 g/mol. The van der Waals surface area contributed by atoms with Gasteiger partial charge in [-0.1, -0.05) is 35.3 Å². The molecule has 0 bridgehead atoms. The predicted octanol–water partition coefficient (Wildman–Crippen LogP) is 2.59. The third-order valence-electron chi connectivity index (χ3n) is 1.77. The Bertz CT molecular complexity index is 357. The smallest absolute Gasteiger partial charge is 0.327 e. The second-order valence-electron chi connectivity index (χ2n) is 2.64. The zero-order valence-electron chi connectivity index (χ0n) is 7.87. The molecule has 84 valence electrons. The molecule has 1 rings (SSSR count). The van der Waals surface area contributed by atoms with E-state index in [4.69, 9.17) is 28.9 Å². The molecule has 2 N–H and O–H groups in total. The molecule has 1 aromatic rings. The van der Waals surface area contributed by atoms with E-state index in [0.717, 1.165) is 0 Å². The number of carbonyl (C=O) groups is 1. The number of halogens is 3. The highest BCUT2D eigenvalue weighted by Crippen LogP contribution is 2.29.